The predicted molar refractivity (Wildman–Crippen MR) is 65.1 cm³/mol. The van der Waals surface area contributed by atoms with Crippen LogP contribution in [0.5, 0.6) is 0 Å². The van der Waals surface area contributed by atoms with E-state index in [0.29, 0.717) is 6.04 Å². The van der Waals surface area contributed by atoms with Crippen LogP contribution in [0, 0.1) is 0 Å². The van der Waals surface area contributed by atoms with Crippen molar-refractivity contribution in [2.24, 2.45) is 4.99 Å². The van der Waals surface area contributed by atoms with Crippen molar-refractivity contribution < 1.29 is 0 Å². The minimum Gasteiger partial charge on any atom is -0.361 e. The molecule has 1 fully saturated rings. The largest absolute Gasteiger partial charge is 0.361 e. The lowest BCUT2D eigenvalue weighted by Crippen LogP contribution is -2.25. The molecule has 1 aromatic rings. The summed E-state index contributed by atoms with van der Waals surface area (Å²) in [6, 6.07) is 2.76. The number of thioether (sulfide) groups is 1. The van der Waals surface area contributed by atoms with Gasteiger partial charge < -0.3 is 5.32 Å². The average molecular weight is 226 g/mol. The maximum atomic E-state index is 4.54. The second-order valence-corrected chi connectivity index (χ2v) is 5.10. The van der Waals surface area contributed by atoms with Crippen LogP contribution in [0.15, 0.2) is 21.8 Å². The molecular formula is C10H14N2S2. The summed E-state index contributed by atoms with van der Waals surface area (Å²) in [6.07, 6.45) is 1.18. The Kier molecular flexibility index (Phi) is 3.48. The Bertz CT molecular complexity index is 306. The number of hydrogen-bond acceptors (Lipinski definition) is 3. The topological polar surface area (TPSA) is 24.4 Å². The SMILES string of the molecule is CCC1CSC(=NCc2ccsc2)N1. The molecule has 1 aromatic heterocycles. The summed E-state index contributed by atoms with van der Waals surface area (Å²) in [5, 5.41) is 8.78. The fourth-order valence-corrected chi connectivity index (χ4v) is 3.04. The van der Waals surface area contributed by atoms with E-state index in [4.69, 9.17) is 0 Å². The molecule has 0 bridgehead atoms. The van der Waals surface area contributed by atoms with Gasteiger partial charge in [0.1, 0.15) is 0 Å². The first-order valence-corrected chi connectivity index (χ1v) is 6.76. The van der Waals surface area contributed by atoms with Crippen molar-refractivity contribution >= 4 is 28.3 Å². The van der Waals surface area contributed by atoms with Crippen molar-refractivity contribution in [1.29, 1.82) is 0 Å². The molecule has 0 amide bonds. The molecule has 2 rings (SSSR count). The molecule has 0 aliphatic carbocycles. The highest BCUT2D eigenvalue weighted by molar-refractivity contribution is 8.14. The van der Waals surface area contributed by atoms with E-state index in [1.807, 2.05) is 11.8 Å². The van der Waals surface area contributed by atoms with Crippen molar-refractivity contribution in [2.45, 2.75) is 25.9 Å². The van der Waals surface area contributed by atoms with Crippen LogP contribution < -0.4 is 5.32 Å². The molecule has 0 aromatic carbocycles. The molecule has 4 heteroatoms. The smallest absolute Gasteiger partial charge is 0.157 e. The number of nitrogens with zero attached hydrogens (tertiary/aromatic N) is 1. The molecule has 1 saturated heterocycles. The van der Waals surface area contributed by atoms with Crippen LogP contribution in [-0.4, -0.2) is 17.0 Å². The third-order valence-electron chi connectivity index (χ3n) is 2.23. The fourth-order valence-electron chi connectivity index (χ4n) is 1.29. The van der Waals surface area contributed by atoms with Crippen molar-refractivity contribution in [3.05, 3.63) is 22.4 Å². The molecule has 14 heavy (non-hydrogen) atoms. The quantitative estimate of drug-likeness (QED) is 0.857. The zero-order valence-electron chi connectivity index (χ0n) is 8.19. The molecule has 1 N–H and O–H groups in total. The van der Waals surface area contributed by atoms with Gasteiger partial charge in [-0.15, -0.1) is 0 Å². The molecule has 0 saturated carbocycles. The van der Waals surface area contributed by atoms with Crippen molar-refractivity contribution in [3.63, 3.8) is 0 Å². The molecule has 76 valence electrons. The molecule has 1 atom stereocenters. The lowest BCUT2D eigenvalue weighted by molar-refractivity contribution is 0.667. The predicted octanol–water partition coefficient (Wildman–Crippen LogP) is 2.72. The summed E-state index contributed by atoms with van der Waals surface area (Å²) < 4.78 is 0. The van der Waals surface area contributed by atoms with E-state index in [2.05, 4.69) is 34.1 Å². The number of thiophene rings is 1. The fraction of sp³-hybridized carbons (Fsp3) is 0.500. The van der Waals surface area contributed by atoms with Gasteiger partial charge in [0.2, 0.25) is 0 Å². The van der Waals surface area contributed by atoms with Crippen LogP contribution >= 0.6 is 23.1 Å². The summed E-state index contributed by atoms with van der Waals surface area (Å²) in [5.74, 6) is 1.17. The van der Waals surface area contributed by atoms with E-state index < -0.39 is 0 Å². The van der Waals surface area contributed by atoms with Gasteiger partial charge in [0.25, 0.3) is 0 Å². The first kappa shape index (κ1) is 10.1. The van der Waals surface area contributed by atoms with E-state index in [1.165, 1.54) is 17.7 Å². The minimum absolute atomic E-state index is 0.626. The molecule has 2 nitrogen and oxygen atoms in total. The maximum Gasteiger partial charge on any atom is 0.157 e. The number of aliphatic imine (C=N–C) groups is 1. The zero-order chi connectivity index (χ0) is 9.80. The van der Waals surface area contributed by atoms with Crippen LogP contribution in [0.3, 0.4) is 0 Å². The third-order valence-corrected chi connectivity index (χ3v) is 4.05. The van der Waals surface area contributed by atoms with E-state index in [-0.39, 0.29) is 0 Å². The second-order valence-electron chi connectivity index (χ2n) is 3.31. The first-order valence-electron chi connectivity index (χ1n) is 4.83. The lowest BCUT2D eigenvalue weighted by Gasteiger charge is -2.04. The Morgan fingerprint density at radius 1 is 1.64 bits per heavy atom. The maximum absolute atomic E-state index is 4.54. The second kappa shape index (κ2) is 4.84. The van der Waals surface area contributed by atoms with E-state index >= 15 is 0 Å². The molecule has 0 spiro atoms. The highest BCUT2D eigenvalue weighted by Gasteiger charge is 2.17. The van der Waals surface area contributed by atoms with Crippen molar-refractivity contribution in [2.75, 3.05) is 5.75 Å². The summed E-state index contributed by atoms with van der Waals surface area (Å²) in [6.45, 7) is 3.02. The Morgan fingerprint density at radius 3 is 3.21 bits per heavy atom. The van der Waals surface area contributed by atoms with Gasteiger partial charge in [-0.25, -0.2) is 0 Å². The summed E-state index contributed by atoms with van der Waals surface area (Å²) in [7, 11) is 0. The number of nitrogens with one attached hydrogen (secondary N) is 1. The Morgan fingerprint density at radius 2 is 2.57 bits per heavy atom. The average Bonchev–Trinajstić information content (AvgIpc) is 2.86. The molecule has 1 aliphatic rings. The van der Waals surface area contributed by atoms with Gasteiger partial charge in [0, 0.05) is 11.8 Å². The minimum atomic E-state index is 0.626. The highest BCUT2D eigenvalue weighted by atomic mass is 32.2. The zero-order valence-corrected chi connectivity index (χ0v) is 9.83. The van der Waals surface area contributed by atoms with Crippen LogP contribution in [0.1, 0.15) is 18.9 Å². The van der Waals surface area contributed by atoms with E-state index in [1.54, 1.807) is 11.3 Å². The first-order chi connectivity index (χ1) is 6.88. The van der Waals surface area contributed by atoms with E-state index in [0.717, 1.165) is 11.7 Å². The number of amidine groups is 1. The Hall–Kier alpha value is -0.480. The number of rotatable bonds is 3. The normalized spacial score (nSPS) is 24.1. The van der Waals surface area contributed by atoms with Crippen LogP contribution in [0.2, 0.25) is 0 Å². The lowest BCUT2D eigenvalue weighted by atomic mass is 10.3. The van der Waals surface area contributed by atoms with E-state index in [9.17, 15) is 0 Å². The van der Waals surface area contributed by atoms with Gasteiger partial charge in [-0.05, 0) is 28.8 Å². The number of hydrogen-bond donors (Lipinski definition) is 1. The summed E-state index contributed by atoms with van der Waals surface area (Å²) >= 11 is 3.57. The molecule has 2 heterocycles. The molecule has 1 unspecified atom stereocenters. The van der Waals surface area contributed by atoms with Crippen molar-refractivity contribution in [1.82, 2.24) is 5.32 Å². The van der Waals surface area contributed by atoms with Gasteiger partial charge in [-0.1, -0.05) is 18.7 Å². The van der Waals surface area contributed by atoms with Gasteiger partial charge >= 0.3 is 0 Å². The summed E-state index contributed by atoms with van der Waals surface area (Å²) in [5.41, 5.74) is 1.31. The van der Waals surface area contributed by atoms with Gasteiger partial charge in [0.05, 0.1) is 6.54 Å². The standard InChI is InChI=1S/C10H14N2S2/c1-2-9-7-14-10(12-9)11-5-8-3-4-13-6-8/h3-4,6,9H,2,5,7H2,1H3,(H,11,12). The Labute approximate surface area is 92.8 Å². The van der Waals surface area contributed by atoms with Crippen LogP contribution in [0.25, 0.3) is 0 Å². The molecule has 0 radical (unpaired) electrons. The summed E-state index contributed by atoms with van der Waals surface area (Å²) in [4.78, 5) is 4.54. The molecular weight excluding hydrogens is 212 g/mol. The highest BCUT2D eigenvalue weighted by Crippen LogP contribution is 2.16. The molecule has 1 aliphatic heterocycles. The van der Waals surface area contributed by atoms with Gasteiger partial charge in [-0.3, -0.25) is 4.99 Å². The third kappa shape index (κ3) is 2.51. The van der Waals surface area contributed by atoms with Crippen LogP contribution in [0.4, 0.5) is 0 Å². The monoisotopic (exact) mass is 226 g/mol. The Balaban J connectivity index is 1.87. The van der Waals surface area contributed by atoms with Crippen LogP contribution in [-0.2, 0) is 6.54 Å². The van der Waals surface area contributed by atoms with Crippen molar-refractivity contribution in [3.8, 4) is 0 Å². The van der Waals surface area contributed by atoms with Gasteiger partial charge in [-0.2, -0.15) is 11.3 Å². The van der Waals surface area contributed by atoms with Gasteiger partial charge in [0.15, 0.2) is 5.17 Å².